The fourth-order valence-corrected chi connectivity index (χ4v) is 5.33. The second kappa shape index (κ2) is 8.27. The van der Waals surface area contributed by atoms with Gasteiger partial charge in [0.25, 0.3) is 5.91 Å². The SMILES string of the molecule is COC1C=CC(C2=C(C)C(=O)N3NCC(C)C(C4CC=C(F)CC4F)=C3N2C)CC1. The molecule has 0 saturated carbocycles. The van der Waals surface area contributed by atoms with Gasteiger partial charge in [0, 0.05) is 50.2 Å². The Kier molecular flexibility index (Phi) is 5.86. The maximum atomic E-state index is 15.0. The highest BCUT2D eigenvalue weighted by molar-refractivity contribution is 5.96. The maximum Gasteiger partial charge on any atom is 0.271 e. The van der Waals surface area contributed by atoms with E-state index in [2.05, 4.69) is 22.5 Å². The molecule has 0 saturated heterocycles. The summed E-state index contributed by atoms with van der Waals surface area (Å²) in [6, 6.07) is 0. The molecule has 164 valence electrons. The fraction of sp³-hybridized carbons (Fsp3) is 0.609. The molecule has 2 aliphatic heterocycles. The summed E-state index contributed by atoms with van der Waals surface area (Å²) in [6.45, 7) is 4.45. The van der Waals surface area contributed by atoms with Crippen LogP contribution >= 0.6 is 0 Å². The third-order valence-electron chi connectivity index (χ3n) is 6.94. The summed E-state index contributed by atoms with van der Waals surface area (Å²) in [4.78, 5) is 15.3. The van der Waals surface area contributed by atoms with Crippen molar-refractivity contribution >= 4 is 5.91 Å². The van der Waals surface area contributed by atoms with E-state index >= 15 is 0 Å². The number of hydrogen-bond donors (Lipinski definition) is 1. The predicted molar refractivity (Wildman–Crippen MR) is 111 cm³/mol. The van der Waals surface area contributed by atoms with Gasteiger partial charge in [0.1, 0.15) is 12.0 Å². The number of hydrazine groups is 1. The topological polar surface area (TPSA) is 44.8 Å². The number of hydrogen-bond acceptors (Lipinski definition) is 4. The smallest absolute Gasteiger partial charge is 0.271 e. The van der Waals surface area contributed by atoms with Crippen LogP contribution in [0.1, 0.15) is 39.5 Å². The minimum absolute atomic E-state index is 0.0451. The number of fused-ring (bicyclic) bond motifs is 1. The van der Waals surface area contributed by atoms with Crippen LogP contribution in [0.2, 0.25) is 0 Å². The molecule has 0 aromatic carbocycles. The molecule has 5 atom stereocenters. The van der Waals surface area contributed by atoms with E-state index in [1.165, 1.54) is 6.08 Å². The largest absolute Gasteiger partial charge is 0.377 e. The zero-order valence-electron chi connectivity index (χ0n) is 18.1. The molecule has 30 heavy (non-hydrogen) atoms. The van der Waals surface area contributed by atoms with Gasteiger partial charge >= 0.3 is 0 Å². The highest BCUT2D eigenvalue weighted by atomic mass is 19.1. The Labute approximate surface area is 177 Å². The van der Waals surface area contributed by atoms with Gasteiger partial charge in [-0.25, -0.2) is 19.2 Å². The Balaban J connectivity index is 1.78. The first-order valence-electron chi connectivity index (χ1n) is 10.8. The van der Waals surface area contributed by atoms with E-state index in [1.807, 2.05) is 20.9 Å². The van der Waals surface area contributed by atoms with Crippen molar-refractivity contribution in [1.29, 1.82) is 0 Å². The average molecular weight is 420 g/mol. The monoisotopic (exact) mass is 419 g/mol. The first-order valence-corrected chi connectivity index (χ1v) is 10.8. The molecule has 7 heteroatoms. The van der Waals surface area contributed by atoms with Gasteiger partial charge in [0.2, 0.25) is 0 Å². The Morgan fingerprint density at radius 3 is 2.67 bits per heavy atom. The molecule has 2 heterocycles. The molecule has 1 amide bonds. The third kappa shape index (κ3) is 3.52. The van der Waals surface area contributed by atoms with Crippen LogP contribution in [0.15, 0.2) is 46.7 Å². The van der Waals surface area contributed by atoms with Crippen molar-refractivity contribution < 1.29 is 18.3 Å². The van der Waals surface area contributed by atoms with Crippen molar-refractivity contribution in [2.45, 2.75) is 51.8 Å². The van der Waals surface area contributed by atoms with Gasteiger partial charge in [0.05, 0.1) is 11.9 Å². The lowest BCUT2D eigenvalue weighted by Crippen LogP contribution is -2.57. The summed E-state index contributed by atoms with van der Waals surface area (Å²) in [5.74, 6) is -0.0455. The fourth-order valence-electron chi connectivity index (χ4n) is 5.33. The minimum atomic E-state index is -1.28. The number of amides is 1. The number of carbonyl (C=O) groups excluding carboxylic acids is 1. The van der Waals surface area contributed by atoms with Crippen molar-refractivity contribution in [1.82, 2.24) is 15.3 Å². The lowest BCUT2D eigenvalue weighted by atomic mass is 9.78. The number of carbonyl (C=O) groups is 1. The van der Waals surface area contributed by atoms with E-state index in [0.717, 1.165) is 24.1 Å². The van der Waals surface area contributed by atoms with Crippen LogP contribution in [-0.4, -0.2) is 48.8 Å². The first-order chi connectivity index (χ1) is 14.3. The molecule has 4 rings (SSSR count). The number of nitrogens with zero attached hydrogens (tertiary/aromatic N) is 2. The highest BCUT2D eigenvalue weighted by Gasteiger charge is 2.44. The van der Waals surface area contributed by atoms with Gasteiger partial charge in [-0.3, -0.25) is 4.79 Å². The molecular weight excluding hydrogens is 388 g/mol. The number of halogens is 2. The molecule has 0 aromatic heterocycles. The molecule has 4 aliphatic rings. The van der Waals surface area contributed by atoms with Gasteiger partial charge < -0.3 is 9.64 Å². The number of methoxy groups -OCH3 is 1. The zero-order valence-corrected chi connectivity index (χ0v) is 18.1. The summed E-state index contributed by atoms with van der Waals surface area (Å²) >= 11 is 0. The normalized spacial score (nSPS) is 35.1. The zero-order chi connectivity index (χ0) is 21.6. The molecule has 0 aromatic rings. The average Bonchev–Trinajstić information content (AvgIpc) is 2.73. The van der Waals surface area contributed by atoms with Crippen molar-refractivity contribution in [2.24, 2.45) is 17.8 Å². The Hall–Kier alpha value is -1.99. The predicted octanol–water partition coefficient (Wildman–Crippen LogP) is 3.98. The standard InChI is InChI=1S/C23H31F2N3O2/c1-13-12-26-28-22(20(13)18-10-7-16(24)11-19(18)25)27(3)21(14(2)23(28)29)15-5-8-17(30-4)9-6-15/h5,7-8,13,15,17-19,26H,6,9-12H2,1-4H3. The summed E-state index contributed by atoms with van der Waals surface area (Å²) < 4.78 is 34.0. The van der Waals surface area contributed by atoms with Crippen LogP contribution in [0.5, 0.6) is 0 Å². The van der Waals surface area contributed by atoms with Crippen molar-refractivity contribution in [3.8, 4) is 0 Å². The van der Waals surface area contributed by atoms with E-state index in [1.54, 1.807) is 12.1 Å². The molecular formula is C23H31F2N3O2. The minimum Gasteiger partial charge on any atom is -0.377 e. The first kappa shape index (κ1) is 21.2. The number of rotatable bonds is 3. The van der Waals surface area contributed by atoms with E-state index in [-0.39, 0.29) is 36.1 Å². The van der Waals surface area contributed by atoms with Crippen LogP contribution in [0, 0.1) is 17.8 Å². The van der Waals surface area contributed by atoms with Crippen molar-refractivity contribution in [2.75, 3.05) is 20.7 Å². The van der Waals surface area contributed by atoms with E-state index in [0.29, 0.717) is 24.4 Å². The molecule has 2 aliphatic carbocycles. The number of nitrogens with one attached hydrogen (secondary N) is 1. The molecule has 5 unspecified atom stereocenters. The molecule has 1 N–H and O–H groups in total. The summed E-state index contributed by atoms with van der Waals surface area (Å²) in [6.07, 6.45) is 6.40. The molecule has 0 radical (unpaired) electrons. The second-order valence-electron chi connectivity index (χ2n) is 8.81. The van der Waals surface area contributed by atoms with Gasteiger partial charge in [-0.1, -0.05) is 25.2 Å². The molecule has 0 spiro atoms. The summed E-state index contributed by atoms with van der Waals surface area (Å²) in [5, 5.41) is 1.57. The van der Waals surface area contributed by atoms with Crippen LogP contribution in [0.3, 0.4) is 0 Å². The van der Waals surface area contributed by atoms with Crippen LogP contribution in [0.25, 0.3) is 0 Å². The third-order valence-corrected chi connectivity index (χ3v) is 6.94. The van der Waals surface area contributed by atoms with Gasteiger partial charge in [0.15, 0.2) is 0 Å². The van der Waals surface area contributed by atoms with Gasteiger partial charge in [-0.05, 0) is 37.7 Å². The van der Waals surface area contributed by atoms with Crippen molar-refractivity contribution in [3.05, 3.63) is 46.7 Å². The van der Waals surface area contributed by atoms with E-state index in [4.69, 9.17) is 4.74 Å². The Morgan fingerprint density at radius 2 is 2.03 bits per heavy atom. The maximum absolute atomic E-state index is 15.0. The van der Waals surface area contributed by atoms with E-state index < -0.39 is 12.1 Å². The lowest BCUT2D eigenvalue weighted by Gasteiger charge is -2.48. The van der Waals surface area contributed by atoms with Crippen molar-refractivity contribution in [3.63, 3.8) is 0 Å². The lowest BCUT2D eigenvalue weighted by molar-refractivity contribution is -0.131. The Bertz CT molecular complexity index is 847. The molecule has 0 bridgehead atoms. The van der Waals surface area contributed by atoms with Gasteiger partial charge in [-0.2, -0.15) is 0 Å². The van der Waals surface area contributed by atoms with Gasteiger partial charge in [-0.15, -0.1) is 0 Å². The number of alkyl halides is 1. The van der Waals surface area contributed by atoms with Crippen LogP contribution in [-0.2, 0) is 9.53 Å². The molecule has 5 nitrogen and oxygen atoms in total. The highest BCUT2D eigenvalue weighted by Crippen LogP contribution is 2.44. The number of allylic oxidation sites excluding steroid dienone is 3. The number of ether oxygens (including phenoxy) is 1. The second-order valence-corrected chi connectivity index (χ2v) is 8.81. The Morgan fingerprint density at radius 1 is 1.27 bits per heavy atom. The summed E-state index contributed by atoms with van der Waals surface area (Å²) in [5.41, 5.74) is 5.77. The quantitative estimate of drug-likeness (QED) is 0.703. The summed E-state index contributed by atoms with van der Waals surface area (Å²) in [7, 11) is 3.66. The van der Waals surface area contributed by atoms with Crippen LogP contribution in [0.4, 0.5) is 8.78 Å². The van der Waals surface area contributed by atoms with E-state index in [9.17, 15) is 13.6 Å². The molecule has 0 fully saturated rings. The van der Waals surface area contributed by atoms with Crippen LogP contribution < -0.4 is 5.43 Å².